The van der Waals surface area contributed by atoms with Crippen molar-refractivity contribution < 1.29 is 14.5 Å². The minimum absolute atomic E-state index is 0.0636. The molecule has 9 heteroatoms. The van der Waals surface area contributed by atoms with Crippen molar-refractivity contribution in [2.24, 2.45) is 13.0 Å². The smallest absolute Gasteiger partial charge is 0.283 e. The molecule has 1 N–H and O–H groups in total. The van der Waals surface area contributed by atoms with Gasteiger partial charge in [-0.2, -0.15) is 0 Å². The zero-order valence-electron chi connectivity index (χ0n) is 19.1. The number of ether oxygens (including phenoxy) is 1. The summed E-state index contributed by atoms with van der Waals surface area (Å²) in [6.45, 7) is 4.23. The van der Waals surface area contributed by atoms with Crippen molar-refractivity contribution >= 4 is 23.4 Å². The first kappa shape index (κ1) is 24.3. The number of nitrogens with one attached hydrogen (secondary N) is 1. The van der Waals surface area contributed by atoms with Crippen LogP contribution in [0.4, 0.5) is 5.69 Å². The molecule has 0 radical (unpaired) electrons. The third-order valence-electron chi connectivity index (χ3n) is 5.19. The maximum absolute atomic E-state index is 13.2. The molecular weight excluding hydrogens is 440 g/mol. The topological polar surface area (TPSA) is 99.3 Å². The minimum Gasteiger partial charge on any atom is -0.497 e. The Morgan fingerprint density at radius 1 is 1.27 bits per heavy atom. The van der Waals surface area contributed by atoms with Crippen LogP contribution in [0.3, 0.4) is 0 Å². The number of nitro benzene ring substituents is 1. The zero-order chi connectivity index (χ0) is 24.0. The first-order valence-corrected chi connectivity index (χ1v) is 11.6. The maximum atomic E-state index is 13.2. The zero-order valence-corrected chi connectivity index (χ0v) is 20.0. The highest BCUT2D eigenvalue weighted by molar-refractivity contribution is 7.99. The lowest BCUT2D eigenvalue weighted by Crippen LogP contribution is -2.31. The van der Waals surface area contributed by atoms with Gasteiger partial charge in [0.1, 0.15) is 17.6 Å². The second-order valence-corrected chi connectivity index (χ2v) is 9.19. The Labute approximate surface area is 197 Å². The van der Waals surface area contributed by atoms with Crippen LogP contribution in [0.25, 0.3) is 0 Å². The van der Waals surface area contributed by atoms with Gasteiger partial charge < -0.3 is 14.6 Å². The molecule has 1 atom stereocenters. The number of nitrogens with zero attached hydrogens (tertiary/aromatic N) is 3. The molecule has 0 saturated carbocycles. The number of rotatable bonds is 10. The van der Waals surface area contributed by atoms with Gasteiger partial charge in [-0.3, -0.25) is 14.9 Å². The molecule has 3 aromatic rings. The van der Waals surface area contributed by atoms with E-state index in [1.54, 1.807) is 31.6 Å². The molecule has 174 valence electrons. The lowest BCUT2D eigenvalue weighted by molar-refractivity contribution is -0.387. The van der Waals surface area contributed by atoms with Gasteiger partial charge in [-0.25, -0.2) is 4.98 Å². The highest BCUT2D eigenvalue weighted by Gasteiger charge is 2.24. The predicted molar refractivity (Wildman–Crippen MR) is 129 cm³/mol. The Morgan fingerprint density at radius 2 is 2.06 bits per heavy atom. The van der Waals surface area contributed by atoms with E-state index in [0.29, 0.717) is 22.4 Å². The fraction of sp³-hybridized carbons (Fsp3) is 0.333. The van der Waals surface area contributed by atoms with E-state index < -0.39 is 16.9 Å². The van der Waals surface area contributed by atoms with Crippen molar-refractivity contribution in [1.82, 2.24) is 14.9 Å². The molecule has 2 aromatic carbocycles. The van der Waals surface area contributed by atoms with Gasteiger partial charge in [-0.1, -0.05) is 26.0 Å². The van der Waals surface area contributed by atoms with Crippen LogP contribution in [0.15, 0.2) is 59.8 Å². The Morgan fingerprint density at radius 3 is 2.70 bits per heavy atom. The molecular formula is C24H28N4O4S. The van der Waals surface area contributed by atoms with Crippen LogP contribution >= 0.6 is 11.8 Å². The summed E-state index contributed by atoms with van der Waals surface area (Å²) in [5.41, 5.74) is 0.940. The number of hydrogen-bond acceptors (Lipinski definition) is 6. The predicted octanol–water partition coefficient (Wildman–Crippen LogP) is 4.99. The summed E-state index contributed by atoms with van der Waals surface area (Å²) in [6, 6.07) is 11.4. The Bertz CT molecular complexity index is 1130. The van der Waals surface area contributed by atoms with E-state index in [2.05, 4.69) is 24.1 Å². The number of thioether (sulfide) groups is 1. The Hall–Kier alpha value is -3.33. The number of benzene rings is 2. The monoisotopic (exact) mass is 468 g/mol. The number of aryl methyl sites for hydroxylation is 1. The van der Waals surface area contributed by atoms with Gasteiger partial charge >= 0.3 is 0 Å². The van der Waals surface area contributed by atoms with Crippen molar-refractivity contribution in [3.8, 4) is 5.75 Å². The van der Waals surface area contributed by atoms with Gasteiger partial charge in [-0.05, 0) is 47.9 Å². The summed E-state index contributed by atoms with van der Waals surface area (Å²) in [5.74, 6) is 2.15. The average Bonchev–Trinajstić information content (AvgIpc) is 3.22. The first-order chi connectivity index (χ1) is 15.8. The summed E-state index contributed by atoms with van der Waals surface area (Å²) >= 11 is 1.44. The molecule has 0 aliphatic carbocycles. The quantitative estimate of drug-likeness (QED) is 0.256. The molecule has 0 spiro atoms. The highest BCUT2D eigenvalue weighted by atomic mass is 32.2. The highest BCUT2D eigenvalue weighted by Crippen LogP contribution is 2.32. The normalized spacial score (nSPS) is 11.9. The number of hydrogen-bond donors (Lipinski definition) is 1. The summed E-state index contributed by atoms with van der Waals surface area (Å²) in [5, 5.41) is 14.7. The van der Waals surface area contributed by atoms with Gasteiger partial charge in [0.05, 0.1) is 16.9 Å². The van der Waals surface area contributed by atoms with Gasteiger partial charge in [0.25, 0.3) is 11.6 Å². The first-order valence-electron chi connectivity index (χ1n) is 10.6. The molecule has 1 heterocycles. The van der Waals surface area contributed by atoms with E-state index in [1.165, 1.54) is 17.8 Å². The fourth-order valence-electron chi connectivity index (χ4n) is 3.32. The minimum atomic E-state index is -0.563. The van der Waals surface area contributed by atoms with Gasteiger partial charge in [0.2, 0.25) is 0 Å². The van der Waals surface area contributed by atoms with Crippen molar-refractivity contribution in [2.75, 3.05) is 12.9 Å². The summed E-state index contributed by atoms with van der Waals surface area (Å²) in [7, 11) is 3.42. The molecule has 1 unspecified atom stereocenters. The standard InChI is InChI=1S/C24H28N4O4S/c1-16(2)10-13-33-21-9-8-18(15-20(21)28(30)31)24(29)26-22(23-25-11-12-27(23)3)17-6-5-7-19(14-17)32-4/h5-9,11-12,14-16,22H,10,13H2,1-4H3,(H,26,29). The Balaban J connectivity index is 1.89. The van der Waals surface area contributed by atoms with Crippen LogP contribution in [0, 0.1) is 16.0 Å². The second-order valence-electron chi connectivity index (χ2n) is 8.05. The van der Waals surface area contributed by atoms with E-state index >= 15 is 0 Å². The average molecular weight is 469 g/mol. The van der Waals surface area contributed by atoms with Crippen LogP contribution in [-0.2, 0) is 7.05 Å². The number of methoxy groups -OCH3 is 1. The summed E-state index contributed by atoms with van der Waals surface area (Å²) < 4.78 is 7.15. The third-order valence-corrected chi connectivity index (χ3v) is 6.29. The molecule has 0 aliphatic heterocycles. The van der Waals surface area contributed by atoms with Gasteiger partial charge in [-0.15, -0.1) is 11.8 Å². The van der Waals surface area contributed by atoms with Crippen molar-refractivity contribution in [3.63, 3.8) is 0 Å². The molecule has 1 amide bonds. The fourth-order valence-corrected chi connectivity index (χ4v) is 4.57. The molecule has 8 nitrogen and oxygen atoms in total. The van der Waals surface area contributed by atoms with Crippen LogP contribution < -0.4 is 10.1 Å². The molecule has 0 fully saturated rings. The molecule has 0 bridgehead atoms. The maximum Gasteiger partial charge on any atom is 0.283 e. The van der Waals surface area contributed by atoms with Gasteiger partial charge in [0.15, 0.2) is 0 Å². The lowest BCUT2D eigenvalue weighted by Gasteiger charge is -2.20. The number of aromatic nitrogens is 2. The van der Waals surface area contributed by atoms with E-state index in [9.17, 15) is 14.9 Å². The molecule has 0 saturated heterocycles. The van der Waals surface area contributed by atoms with E-state index in [1.807, 2.05) is 35.9 Å². The van der Waals surface area contributed by atoms with Gasteiger partial charge in [0, 0.05) is 31.1 Å². The van der Waals surface area contributed by atoms with Crippen molar-refractivity contribution in [2.45, 2.75) is 31.2 Å². The van der Waals surface area contributed by atoms with Crippen LogP contribution in [0.2, 0.25) is 0 Å². The summed E-state index contributed by atoms with van der Waals surface area (Å²) in [6.07, 6.45) is 4.40. The summed E-state index contributed by atoms with van der Waals surface area (Å²) in [4.78, 5) is 29.4. The van der Waals surface area contributed by atoms with Crippen LogP contribution in [0.1, 0.15) is 48.1 Å². The van der Waals surface area contributed by atoms with E-state index in [0.717, 1.165) is 17.7 Å². The SMILES string of the molecule is COc1cccc(C(NC(=O)c2ccc(SCCC(C)C)c([N+](=O)[O-])c2)c2nccn2C)c1. The van der Waals surface area contributed by atoms with E-state index in [4.69, 9.17) is 4.74 Å². The Kier molecular flexibility index (Phi) is 8.11. The van der Waals surface area contributed by atoms with Crippen LogP contribution in [0.5, 0.6) is 5.75 Å². The molecule has 33 heavy (non-hydrogen) atoms. The molecule has 3 rings (SSSR count). The van der Waals surface area contributed by atoms with E-state index in [-0.39, 0.29) is 11.3 Å². The lowest BCUT2D eigenvalue weighted by atomic mass is 10.0. The number of carbonyl (C=O) groups is 1. The number of amides is 1. The molecule has 1 aromatic heterocycles. The number of carbonyl (C=O) groups excluding carboxylic acids is 1. The third kappa shape index (κ3) is 6.13. The number of imidazole rings is 1. The van der Waals surface area contributed by atoms with Crippen LogP contribution in [-0.4, -0.2) is 33.2 Å². The number of nitro groups is 1. The van der Waals surface area contributed by atoms with Crippen molar-refractivity contribution in [3.05, 3.63) is 81.9 Å². The molecule has 0 aliphatic rings. The second kappa shape index (κ2) is 11.0. The van der Waals surface area contributed by atoms with Crippen molar-refractivity contribution in [1.29, 1.82) is 0 Å². The largest absolute Gasteiger partial charge is 0.497 e.